The molecule has 19 heavy (non-hydrogen) atoms. The standard InChI is InChI=1S/C13H18N2O3S/c1-10-3-2-4-11(7-10)14-8-13(16)15-12-5-6-19(17,18)9-12/h2-4,7,12,14H,5-6,8-9H2,1H3,(H,15,16)/t12-/m1/s1. The Bertz CT molecular complexity index is 569. The van der Waals surface area contributed by atoms with Crippen LogP contribution in [0.3, 0.4) is 0 Å². The normalized spacial score (nSPS) is 21.0. The summed E-state index contributed by atoms with van der Waals surface area (Å²) in [5, 5.41) is 5.76. The zero-order chi connectivity index (χ0) is 13.9. The number of nitrogens with one attached hydrogen (secondary N) is 2. The molecule has 5 nitrogen and oxygen atoms in total. The SMILES string of the molecule is Cc1cccc(NCC(=O)N[C@@H]2CCS(=O)(=O)C2)c1. The summed E-state index contributed by atoms with van der Waals surface area (Å²) < 4.78 is 22.5. The molecule has 104 valence electrons. The van der Waals surface area contributed by atoms with Gasteiger partial charge in [-0.05, 0) is 31.0 Å². The van der Waals surface area contributed by atoms with Gasteiger partial charge < -0.3 is 10.6 Å². The van der Waals surface area contributed by atoms with Gasteiger partial charge in [0.25, 0.3) is 0 Å². The molecule has 1 amide bonds. The zero-order valence-electron chi connectivity index (χ0n) is 10.8. The highest BCUT2D eigenvalue weighted by molar-refractivity contribution is 7.91. The molecule has 1 heterocycles. The highest BCUT2D eigenvalue weighted by Gasteiger charge is 2.28. The minimum Gasteiger partial charge on any atom is -0.376 e. The molecule has 1 fully saturated rings. The summed E-state index contributed by atoms with van der Waals surface area (Å²) in [5.74, 6) is 0.0514. The van der Waals surface area contributed by atoms with E-state index in [1.54, 1.807) is 0 Å². The van der Waals surface area contributed by atoms with Crippen LogP contribution in [0.5, 0.6) is 0 Å². The predicted molar refractivity (Wildman–Crippen MR) is 74.9 cm³/mol. The lowest BCUT2D eigenvalue weighted by atomic mass is 10.2. The largest absolute Gasteiger partial charge is 0.376 e. The Kier molecular flexibility index (Phi) is 4.09. The first-order chi connectivity index (χ1) is 8.94. The van der Waals surface area contributed by atoms with Gasteiger partial charge in [0, 0.05) is 11.7 Å². The molecule has 0 aliphatic carbocycles. The number of sulfone groups is 1. The minimum atomic E-state index is -2.95. The van der Waals surface area contributed by atoms with Gasteiger partial charge in [0.1, 0.15) is 0 Å². The molecule has 2 rings (SSSR count). The quantitative estimate of drug-likeness (QED) is 0.853. The molecule has 1 saturated heterocycles. The summed E-state index contributed by atoms with van der Waals surface area (Å²) in [5.41, 5.74) is 2.00. The number of benzene rings is 1. The Morgan fingerprint density at radius 3 is 2.84 bits per heavy atom. The van der Waals surface area contributed by atoms with Crippen LogP contribution >= 0.6 is 0 Å². The van der Waals surface area contributed by atoms with Gasteiger partial charge in [0.05, 0.1) is 18.1 Å². The van der Waals surface area contributed by atoms with Crippen molar-refractivity contribution in [3.05, 3.63) is 29.8 Å². The maximum Gasteiger partial charge on any atom is 0.239 e. The summed E-state index contributed by atoms with van der Waals surface area (Å²) in [7, 11) is -2.95. The smallest absolute Gasteiger partial charge is 0.239 e. The molecule has 0 unspecified atom stereocenters. The third-order valence-corrected chi connectivity index (χ3v) is 4.84. The monoisotopic (exact) mass is 282 g/mol. The van der Waals surface area contributed by atoms with Gasteiger partial charge >= 0.3 is 0 Å². The van der Waals surface area contributed by atoms with Crippen LogP contribution in [0, 0.1) is 6.92 Å². The summed E-state index contributed by atoms with van der Waals surface area (Å²) >= 11 is 0. The first kappa shape index (κ1) is 13.9. The van der Waals surface area contributed by atoms with Crippen molar-refractivity contribution in [3.8, 4) is 0 Å². The van der Waals surface area contributed by atoms with Crippen molar-refractivity contribution in [2.45, 2.75) is 19.4 Å². The van der Waals surface area contributed by atoms with E-state index in [2.05, 4.69) is 10.6 Å². The average Bonchev–Trinajstić information content (AvgIpc) is 2.66. The fourth-order valence-corrected chi connectivity index (χ4v) is 3.80. The number of carbonyl (C=O) groups is 1. The van der Waals surface area contributed by atoms with E-state index in [-0.39, 0.29) is 30.0 Å². The third kappa shape index (κ3) is 4.24. The van der Waals surface area contributed by atoms with Gasteiger partial charge in [-0.2, -0.15) is 0 Å². The van der Waals surface area contributed by atoms with E-state index in [0.717, 1.165) is 11.3 Å². The Labute approximate surface area is 113 Å². The lowest BCUT2D eigenvalue weighted by Gasteiger charge is -2.12. The van der Waals surface area contributed by atoms with Crippen molar-refractivity contribution in [3.63, 3.8) is 0 Å². The number of carbonyl (C=O) groups excluding carboxylic acids is 1. The van der Waals surface area contributed by atoms with Crippen molar-refractivity contribution >= 4 is 21.4 Å². The number of hydrogen-bond donors (Lipinski definition) is 2. The number of anilines is 1. The van der Waals surface area contributed by atoms with Crippen molar-refractivity contribution < 1.29 is 13.2 Å². The molecule has 0 aromatic heterocycles. The van der Waals surface area contributed by atoms with Crippen LogP contribution in [0.15, 0.2) is 24.3 Å². The highest BCUT2D eigenvalue weighted by Crippen LogP contribution is 2.11. The van der Waals surface area contributed by atoms with Crippen LogP contribution in [-0.2, 0) is 14.6 Å². The van der Waals surface area contributed by atoms with E-state index in [9.17, 15) is 13.2 Å². The second kappa shape index (κ2) is 5.61. The molecule has 2 N–H and O–H groups in total. The van der Waals surface area contributed by atoms with Crippen molar-refractivity contribution in [1.29, 1.82) is 0 Å². The molecule has 1 atom stereocenters. The van der Waals surface area contributed by atoms with Gasteiger partial charge in [0.2, 0.25) is 5.91 Å². The Balaban J connectivity index is 1.79. The molecule has 1 aromatic rings. The lowest BCUT2D eigenvalue weighted by molar-refractivity contribution is -0.119. The average molecular weight is 282 g/mol. The van der Waals surface area contributed by atoms with E-state index in [4.69, 9.17) is 0 Å². The summed E-state index contributed by atoms with van der Waals surface area (Å²) in [6, 6.07) is 7.50. The molecule has 0 bridgehead atoms. The van der Waals surface area contributed by atoms with E-state index in [1.165, 1.54) is 0 Å². The molecule has 6 heteroatoms. The second-order valence-electron chi connectivity index (χ2n) is 4.89. The summed E-state index contributed by atoms with van der Waals surface area (Å²) in [4.78, 5) is 11.7. The number of hydrogen-bond acceptors (Lipinski definition) is 4. The summed E-state index contributed by atoms with van der Waals surface area (Å²) in [6.45, 7) is 2.13. The van der Waals surface area contributed by atoms with Gasteiger partial charge in [0.15, 0.2) is 9.84 Å². The number of amides is 1. The van der Waals surface area contributed by atoms with Crippen molar-refractivity contribution in [2.24, 2.45) is 0 Å². The Morgan fingerprint density at radius 2 is 2.21 bits per heavy atom. The molecule has 1 aliphatic rings. The van der Waals surface area contributed by atoms with Crippen LogP contribution in [0.4, 0.5) is 5.69 Å². The first-order valence-corrected chi connectivity index (χ1v) is 8.07. The van der Waals surface area contributed by atoms with Gasteiger partial charge in [-0.15, -0.1) is 0 Å². The number of rotatable bonds is 4. The highest BCUT2D eigenvalue weighted by atomic mass is 32.2. The Morgan fingerprint density at radius 1 is 1.42 bits per heavy atom. The van der Waals surface area contributed by atoms with Crippen molar-refractivity contribution in [2.75, 3.05) is 23.4 Å². The number of aryl methyl sites for hydroxylation is 1. The lowest BCUT2D eigenvalue weighted by Crippen LogP contribution is -2.39. The van der Waals surface area contributed by atoms with Crippen LogP contribution in [0.2, 0.25) is 0 Å². The van der Waals surface area contributed by atoms with Gasteiger partial charge in [-0.25, -0.2) is 8.42 Å². The fourth-order valence-electron chi connectivity index (χ4n) is 2.12. The molecule has 0 spiro atoms. The van der Waals surface area contributed by atoms with E-state index in [1.807, 2.05) is 31.2 Å². The van der Waals surface area contributed by atoms with Crippen LogP contribution in [0.25, 0.3) is 0 Å². The van der Waals surface area contributed by atoms with Crippen LogP contribution < -0.4 is 10.6 Å². The van der Waals surface area contributed by atoms with E-state index < -0.39 is 9.84 Å². The van der Waals surface area contributed by atoms with Crippen LogP contribution in [-0.4, -0.2) is 38.4 Å². The first-order valence-electron chi connectivity index (χ1n) is 6.25. The zero-order valence-corrected chi connectivity index (χ0v) is 11.7. The molecular weight excluding hydrogens is 264 g/mol. The molecule has 0 radical (unpaired) electrons. The van der Waals surface area contributed by atoms with E-state index >= 15 is 0 Å². The molecule has 1 aromatic carbocycles. The Hall–Kier alpha value is -1.56. The maximum atomic E-state index is 11.7. The third-order valence-electron chi connectivity index (χ3n) is 3.07. The molecule has 1 aliphatic heterocycles. The minimum absolute atomic E-state index is 0.0587. The van der Waals surface area contributed by atoms with E-state index in [0.29, 0.717) is 6.42 Å². The second-order valence-corrected chi connectivity index (χ2v) is 7.12. The predicted octanol–water partition coefficient (Wildman–Crippen LogP) is 0.710. The molecular formula is C13H18N2O3S. The van der Waals surface area contributed by atoms with Gasteiger partial charge in [-0.1, -0.05) is 12.1 Å². The maximum absolute atomic E-state index is 11.7. The summed E-state index contributed by atoms with van der Waals surface area (Å²) in [6.07, 6.45) is 0.512. The molecule has 0 saturated carbocycles. The van der Waals surface area contributed by atoms with Gasteiger partial charge in [-0.3, -0.25) is 4.79 Å². The fraction of sp³-hybridized carbons (Fsp3) is 0.462. The topological polar surface area (TPSA) is 75.3 Å². The van der Waals surface area contributed by atoms with Crippen molar-refractivity contribution in [1.82, 2.24) is 5.32 Å². The van der Waals surface area contributed by atoms with Crippen LogP contribution in [0.1, 0.15) is 12.0 Å².